The average molecular weight is 427 g/mol. The van der Waals surface area contributed by atoms with Gasteiger partial charge in [0.25, 0.3) is 0 Å². The molecule has 164 valence electrons. The minimum absolute atomic E-state index is 0.155. The molecule has 0 aliphatic rings. The number of benzene rings is 2. The topological polar surface area (TPSA) is 152 Å². The van der Waals surface area contributed by atoms with Crippen LogP contribution < -0.4 is 5.32 Å². The molecule has 0 amide bonds. The Morgan fingerprint density at radius 2 is 1.19 bits per heavy atom. The zero-order valence-corrected chi connectivity index (χ0v) is 16.9. The summed E-state index contributed by atoms with van der Waals surface area (Å²) in [6.45, 7) is 2.54. The van der Waals surface area contributed by atoms with Crippen LogP contribution in [0.1, 0.15) is 44.7 Å². The average Bonchev–Trinajstić information content (AvgIpc) is 2.73. The molecular weight excluding hydrogens is 402 g/mol. The predicted molar refractivity (Wildman–Crippen MR) is 117 cm³/mol. The molecule has 0 aliphatic heterocycles. The van der Waals surface area contributed by atoms with E-state index in [-0.39, 0.29) is 22.6 Å². The van der Waals surface area contributed by atoms with Gasteiger partial charge in [0, 0.05) is 36.6 Å². The molecule has 9 heteroatoms. The first-order valence-corrected chi connectivity index (χ1v) is 9.72. The zero-order valence-electron chi connectivity index (χ0n) is 16.9. The Bertz CT molecular complexity index is 894. The molecule has 0 bridgehead atoms. The van der Waals surface area contributed by atoms with Crippen LogP contribution >= 0.6 is 0 Å². The Labute approximate surface area is 179 Å². The van der Waals surface area contributed by atoms with Gasteiger partial charge >= 0.3 is 11.9 Å². The molecule has 2 rings (SSSR count). The number of phenols is 2. The van der Waals surface area contributed by atoms with Crippen LogP contribution in [-0.4, -0.2) is 71.0 Å². The third-order valence-corrected chi connectivity index (χ3v) is 4.34. The summed E-state index contributed by atoms with van der Waals surface area (Å²) < 4.78 is 0. The fourth-order valence-corrected chi connectivity index (χ4v) is 2.72. The summed E-state index contributed by atoms with van der Waals surface area (Å²) in [5.74, 6) is -2.96. The van der Waals surface area contributed by atoms with Gasteiger partial charge in [0.05, 0.1) is 0 Å². The second-order valence-corrected chi connectivity index (χ2v) is 6.62. The summed E-state index contributed by atoms with van der Waals surface area (Å²) in [7, 11) is 0. The van der Waals surface area contributed by atoms with E-state index >= 15 is 0 Å². The third-order valence-electron chi connectivity index (χ3n) is 4.34. The van der Waals surface area contributed by atoms with Gasteiger partial charge < -0.3 is 25.7 Å². The van der Waals surface area contributed by atoms with Crippen LogP contribution in [0.2, 0.25) is 0 Å². The molecule has 0 saturated heterocycles. The molecule has 31 heavy (non-hydrogen) atoms. The van der Waals surface area contributed by atoms with E-state index in [0.717, 1.165) is 25.9 Å². The molecule has 5 N–H and O–H groups in total. The van der Waals surface area contributed by atoms with Crippen molar-refractivity contribution in [2.75, 3.05) is 26.2 Å². The smallest absolute Gasteiger partial charge is 0.339 e. The van der Waals surface area contributed by atoms with Gasteiger partial charge in [-0.15, -0.1) is 0 Å². The molecule has 0 aromatic heterocycles. The highest BCUT2D eigenvalue weighted by Crippen LogP contribution is 2.21. The monoisotopic (exact) mass is 427 g/mol. The van der Waals surface area contributed by atoms with Crippen molar-refractivity contribution in [3.63, 3.8) is 0 Å². The van der Waals surface area contributed by atoms with E-state index in [0.29, 0.717) is 24.2 Å². The van der Waals surface area contributed by atoms with Crippen molar-refractivity contribution in [3.05, 3.63) is 58.7 Å². The number of nitrogens with one attached hydrogen (secondary N) is 1. The Hall–Kier alpha value is -3.72. The number of aromatic hydroxyl groups is 2. The quantitative estimate of drug-likeness (QED) is 0.258. The zero-order chi connectivity index (χ0) is 22.6. The molecule has 0 unspecified atom stereocenters. The Morgan fingerprint density at radius 3 is 1.58 bits per heavy atom. The van der Waals surface area contributed by atoms with Gasteiger partial charge in [-0.05, 0) is 50.2 Å². The predicted octanol–water partition coefficient (Wildman–Crippen LogP) is 2.40. The number of hydrogen-bond donors (Lipinski definition) is 5. The molecule has 0 fully saturated rings. The van der Waals surface area contributed by atoms with Crippen molar-refractivity contribution in [1.29, 1.82) is 0 Å². The SMILES string of the molecule is O=C(O)c1cccc(C=NCCCNCCCN=Cc2cccc(C(=O)O)c2O)c1O. The molecule has 2 aromatic carbocycles. The summed E-state index contributed by atoms with van der Waals surface area (Å²) in [4.78, 5) is 30.4. The van der Waals surface area contributed by atoms with Crippen molar-refractivity contribution in [2.24, 2.45) is 9.98 Å². The van der Waals surface area contributed by atoms with Gasteiger partial charge in [-0.3, -0.25) is 9.98 Å². The second-order valence-electron chi connectivity index (χ2n) is 6.62. The lowest BCUT2D eigenvalue weighted by Crippen LogP contribution is -2.18. The van der Waals surface area contributed by atoms with Crippen molar-refractivity contribution < 1.29 is 30.0 Å². The van der Waals surface area contributed by atoms with E-state index in [1.165, 1.54) is 24.6 Å². The van der Waals surface area contributed by atoms with Crippen molar-refractivity contribution in [2.45, 2.75) is 12.8 Å². The highest BCUT2D eigenvalue weighted by Gasteiger charge is 2.12. The first-order chi connectivity index (χ1) is 14.9. The molecule has 0 saturated carbocycles. The molecule has 0 spiro atoms. The number of nitrogens with zero attached hydrogens (tertiary/aromatic N) is 2. The second kappa shape index (κ2) is 12.1. The number of rotatable bonds is 12. The lowest BCUT2D eigenvalue weighted by molar-refractivity contribution is 0.0682. The molecule has 0 radical (unpaired) electrons. The molecule has 9 nitrogen and oxygen atoms in total. The first-order valence-electron chi connectivity index (χ1n) is 9.72. The number of para-hydroxylation sites is 2. The van der Waals surface area contributed by atoms with E-state index in [1.54, 1.807) is 24.3 Å². The van der Waals surface area contributed by atoms with Crippen LogP contribution in [0.15, 0.2) is 46.4 Å². The summed E-state index contributed by atoms with van der Waals surface area (Å²) in [5.41, 5.74) is 0.424. The maximum atomic E-state index is 11.0. The Kier molecular flexibility index (Phi) is 9.18. The van der Waals surface area contributed by atoms with Crippen LogP contribution in [0, 0.1) is 0 Å². The fraction of sp³-hybridized carbons (Fsp3) is 0.273. The van der Waals surface area contributed by atoms with Crippen LogP contribution in [0.4, 0.5) is 0 Å². The molecule has 0 heterocycles. The van der Waals surface area contributed by atoms with E-state index in [1.807, 2.05) is 0 Å². The Morgan fingerprint density at radius 1 is 0.774 bits per heavy atom. The highest BCUT2D eigenvalue weighted by atomic mass is 16.4. The van der Waals surface area contributed by atoms with Gasteiger partial charge in [0.15, 0.2) is 0 Å². The van der Waals surface area contributed by atoms with Crippen molar-refractivity contribution in [3.8, 4) is 11.5 Å². The maximum absolute atomic E-state index is 11.0. The van der Waals surface area contributed by atoms with Crippen LogP contribution in [-0.2, 0) is 0 Å². The summed E-state index contributed by atoms with van der Waals surface area (Å²) in [6.07, 6.45) is 4.47. The van der Waals surface area contributed by atoms with Gasteiger partial charge in [-0.2, -0.15) is 0 Å². The fourth-order valence-electron chi connectivity index (χ4n) is 2.72. The van der Waals surface area contributed by atoms with Crippen molar-refractivity contribution in [1.82, 2.24) is 5.32 Å². The lowest BCUT2D eigenvalue weighted by Gasteiger charge is -2.04. The van der Waals surface area contributed by atoms with Gasteiger partial charge in [-0.25, -0.2) is 9.59 Å². The molecular formula is C22H25N3O6. The molecule has 0 aliphatic carbocycles. The summed E-state index contributed by atoms with van der Waals surface area (Å²) in [6, 6.07) is 8.97. The highest BCUT2D eigenvalue weighted by molar-refractivity contribution is 5.96. The van der Waals surface area contributed by atoms with E-state index in [2.05, 4.69) is 15.3 Å². The normalized spacial score (nSPS) is 11.4. The molecule has 2 aromatic rings. The van der Waals surface area contributed by atoms with Crippen LogP contribution in [0.3, 0.4) is 0 Å². The number of aromatic carboxylic acids is 2. The van der Waals surface area contributed by atoms with Crippen LogP contribution in [0.5, 0.6) is 11.5 Å². The van der Waals surface area contributed by atoms with E-state index < -0.39 is 11.9 Å². The minimum atomic E-state index is -1.19. The standard InChI is InChI=1S/C22H25N3O6/c26-19-15(5-1-7-17(19)21(28)29)13-24-11-3-9-23-10-4-12-25-14-16-6-2-8-18(20(16)27)22(30)31/h1-2,5-8,13-14,23,26-27H,3-4,9-12H2,(H,28,29)(H,30,31). The number of aliphatic imine (C=N–C) groups is 2. The van der Waals surface area contributed by atoms with Gasteiger partial charge in [0.1, 0.15) is 22.6 Å². The number of hydrogen-bond acceptors (Lipinski definition) is 7. The summed E-state index contributed by atoms with van der Waals surface area (Å²) >= 11 is 0. The van der Waals surface area contributed by atoms with E-state index in [9.17, 15) is 19.8 Å². The van der Waals surface area contributed by atoms with Crippen LogP contribution in [0.25, 0.3) is 0 Å². The van der Waals surface area contributed by atoms with Gasteiger partial charge in [-0.1, -0.05) is 12.1 Å². The Balaban J connectivity index is 1.62. The first kappa shape index (κ1) is 23.6. The number of carboxylic acids is 2. The number of carbonyl (C=O) groups is 2. The van der Waals surface area contributed by atoms with Gasteiger partial charge in [0.2, 0.25) is 0 Å². The lowest BCUT2D eigenvalue weighted by atomic mass is 10.1. The van der Waals surface area contributed by atoms with Crippen molar-refractivity contribution >= 4 is 24.4 Å². The number of carboxylic acid groups (broad SMARTS) is 2. The molecule has 0 atom stereocenters. The minimum Gasteiger partial charge on any atom is -0.506 e. The maximum Gasteiger partial charge on any atom is 0.339 e. The largest absolute Gasteiger partial charge is 0.506 e. The third kappa shape index (κ3) is 7.23. The van der Waals surface area contributed by atoms with E-state index in [4.69, 9.17) is 10.2 Å². The summed E-state index contributed by atoms with van der Waals surface area (Å²) in [5, 5.41) is 41.0.